The predicted octanol–water partition coefficient (Wildman–Crippen LogP) is 2.72. The number of carbonyl (C=O) groups is 2. The maximum absolute atomic E-state index is 12.6. The summed E-state index contributed by atoms with van der Waals surface area (Å²) in [6.45, 7) is 10.7. The molecule has 26 heavy (non-hydrogen) atoms. The van der Waals surface area contributed by atoms with Crippen LogP contribution in [0.25, 0.3) is 0 Å². The zero-order chi connectivity index (χ0) is 18.8. The third-order valence-corrected chi connectivity index (χ3v) is 5.96. The largest absolute Gasteiger partial charge is 0.356 e. The highest BCUT2D eigenvalue weighted by Crippen LogP contribution is 2.30. The van der Waals surface area contributed by atoms with E-state index in [0.717, 1.165) is 44.6 Å². The van der Waals surface area contributed by atoms with Gasteiger partial charge in [0.2, 0.25) is 11.8 Å². The Morgan fingerprint density at radius 3 is 2.23 bits per heavy atom. The zero-order valence-electron chi connectivity index (χ0n) is 16.5. The fourth-order valence-corrected chi connectivity index (χ4v) is 4.41. The number of hydrogen-bond acceptors (Lipinski definition) is 3. The summed E-state index contributed by atoms with van der Waals surface area (Å²) in [5.74, 6) is 0.460. The molecule has 0 unspecified atom stereocenters. The van der Waals surface area contributed by atoms with Crippen molar-refractivity contribution in [3.63, 3.8) is 0 Å². The van der Waals surface area contributed by atoms with E-state index >= 15 is 0 Å². The fraction of sp³-hybridized carbons (Fsp3) is 0.810. The topological polar surface area (TPSA) is 61.4 Å². The van der Waals surface area contributed by atoms with Crippen LogP contribution in [-0.2, 0) is 9.59 Å². The monoisotopic (exact) mass is 363 g/mol. The second-order valence-electron chi connectivity index (χ2n) is 7.90. The summed E-state index contributed by atoms with van der Waals surface area (Å²) in [5, 5.41) is 5.99. The number of nitrogens with one attached hydrogen (secondary N) is 2. The molecule has 2 atom stereocenters. The van der Waals surface area contributed by atoms with E-state index in [1.54, 1.807) is 6.08 Å². The molecule has 5 nitrogen and oxygen atoms in total. The molecule has 0 radical (unpaired) electrons. The van der Waals surface area contributed by atoms with Gasteiger partial charge in [-0.2, -0.15) is 0 Å². The average Bonchev–Trinajstić information content (AvgIpc) is 2.67. The molecule has 1 saturated heterocycles. The first-order valence-electron chi connectivity index (χ1n) is 10.5. The van der Waals surface area contributed by atoms with Gasteiger partial charge in [-0.15, -0.1) is 6.58 Å². The Morgan fingerprint density at radius 2 is 1.65 bits per heavy atom. The number of carbonyl (C=O) groups excluding carboxylic acids is 2. The molecule has 5 heteroatoms. The number of nitrogens with zero attached hydrogens (tertiary/aromatic N) is 1. The molecule has 2 fully saturated rings. The Morgan fingerprint density at radius 1 is 1.04 bits per heavy atom. The predicted molar refractivity (Wildman–Crippen MR) is 106 cm³/mol. The number of piperidine rings is 1. The van der Waals surface area contributed by atoms with Crippen LogP contribution in [0.1, 0.15) is 58.3 Å². The van der Waals surface area contributed by atoms with E-state index < -0.39 is 0 Å². The summed E-state index contributed by atoms with van der Waals surface area (Å²) in [5.41, 5.74) is 0. The van der Waals surface area contributed by atoms with Crippen LogP contribution in [0, 0.1) is 17.8 Å². The van der Waals surface area contributed by atoms with E-state index in [-0.39, 0.29) is 23.7 Å². The Labute approximate surface area is 159 Å². The smallest absolute Gasteiger partial charge is 0.224 e. The average molecular weight is 364 g/mol. The lowest BCUT2D eigenvalue weighted by atomic mass is 9.78. The minimum absolute atomic E-state index is 0.00745. The van der Waals surface area contributed by atoms with Gasteiger partial charge in [-0.1, -0.05) is 25.8 Å². The van der Waals surface area contributed by atoms with Crippen LogP contribution < -0.4 is 10.6 Å². The highest BCUT2D eigenvalue weighted by molar-refractivity contribution is 5.87. The highest BCUT2D eigenvalue weighted by Gasteiger charge is 2.35. The normalized spacial score (nSPS) is 24.8. The Kier molecular flexibility index (Phi) is 9.16. The number of likely N-dealkylation sites (tertiary alicyclic amines) is 1. The number of hydrogen-bond donors (Lipinski definition) is 2. The summed E-state index contributed by atoms with van der Waals surface area (Å²) in [4.78, 5) is 27.5. The lowest BCUT2D eigenvalue weighted by Crippen LogP contribution is -2.44. The van der Waals surface area contributed by atoms with E-state index in [1.807, 2.05) is 0 Å². The first kappa shape index (κ1) is 20.9. The quantitative estimate of drug-likeness (QED) is 0.619. The SMILES string of the molecule is C=CCNC(=O)[C@H]1CCCC[C@H]1C(=O)NCCC1CCN(CCC)CC1. The van der Waals surface area contributed by atoms with Crippen LogP contribution in [0.3, 0.4) is 0 Å². The van der Waals surface area contributed by atoms with E-state index in [1.165, 1.54) is 38.9 Å². The standard InChI is InChI=1S/C21H37N3O2/c1-3-12-22-20(25)18-7-5-6-8-19(18)21(26)23-13-9-17-10-15-24(14-4-2)16-11-17/h3,17-19H,1,4-16H2,2H3,(H,22,25)(H,23,26)/t18-,19+/m0/s1. The molecule has 2 N–H and O–H groups in total. The molecule has 1 aliphatic carbocycles. The van der Waals surface area contributed by atoms with Gasteiger partial charge in [-0.05, 0) is 64.1 Å². The van der Waals surface area contributed by atoms with E-state index in [9.17, 15) is 9.59 Å². The summed E-state index contributed by atoms with van der Waals surface area (Å²) in [6.07, 6.45) is 10.2. The van der Waals surface area contributed by atoms with Crippen molar-refractivity contribution in [2.24, 2.45) is 17.8 Å². The van der Waals surface area contributed by atoms with Crippen LogP contribution in [0.2, 0.25) is 0 Å². The molecule has 0 aromatic heterocycles. The van der Waals surface area contributed by atoms with Gasteiger partial charge in [-0.3, -0.25) is 9.59 Å². The van der Waals surface area contributed by atoms with Crippen molar-refractivity contribution in [3.8, 4) is 0 Å². The maximum atomic E-state index is 12.6. The van der Waals surface area contributed by atoms with Crippen molar-refractivity contribution in [1.29, 1.82) is 0 Å². The molecular formula is C21H37N3O2. The molecule has 0 aromatic rings. The highest BCUT2D eigenvalue weighted by atomic mass is 16.2. The van der Waals surface area contributed by atoms with Crippen molar-refractivity contribution in [2.45, 2.75) is 58.3 Å². The van der Waals surface area contributed by atoms with Crippen LogP contribution >= 0.6 is 0 Å². The molecule has 148 valence electrons. The number of rotatable bonds is 9. The minimum Gasteiger partial charge on any atom is -0.356 e. The van der Waals surface area contributed by atoms with Crippen molar-refractivity contribution in [2.75, 3.05) is 32.7 Å². The minimum atomic E-state index is -0.180. The maximum Gasteiger partial charge on any atom is 0.224 e. The molecule has 0 spiro atoms. The van der Waals surface area contributed by atoms with Crippen molar-refractivity contribution in [3.05, 3.63) is 12.7 Å². The Balaban J connectivity index is 1.72. The van der Waals surface area contributed by atoms with Gasteiger partial charge < -0.3 is 15.5 Å². The second kappa shape index (κ2) is 11.4. The first-order chi connectivity index (χ1) is 12.7. The zero-order valence-corrected chi connectivity index (χ0v) is 16.5. The van der Waals surface area contributed by atoms with Gasteiger partial charge in [0.15, 0.2) is 0 Å². The van der Waals surface area contributed by atoms with Crippen molar-refractivity contribution in [1.82, 2.24) is 15.5 Å². The number of amides is 2. The van der Waals surface area contributed by atoms with Gasteiger partial charge in [0.1, 0.15) is 0 Å². The third kappa shape index (κ3) is 6.42. The van der Waals surface area contributed by atoms with E-state index in [2.05, 4.69) is 29.0 Å². The van der Waals surface area contributed by atoms with Crippen LogP contribution in [-0.4, -0.2) is 49.4 Å². The molecule has 1 aliphatic heterocycles. The van der Waals surface area contributed by atoms with E-state index in [4.69, 9.17) is 0 Å². The molecule has 1 saturated carbocycles. The Hall–Kier alpha value is -1.36. The van der Waals surface area contributed by atoms with Crippen molar-refractivity contribution < 1.29 is 9.59 Å². The van der Waals surface area contributed by atoms with Gasteiger partial charge in [0, 0.05) is 24.9 Å². The van der Waals surface area contributed by atoms with Gasteiger partial charge in [-0.25, -0.2) is 0 Å². The molecular weight excluding hydrogens is 326 g/mol. The Bertz CT molecular complexity index is 458. The third-order valence-electron chi connectivity index (χ3n) is 5.96. The molecule has 1 heterocycles. The van der Waals surface area contributed by atoms with Crippen LogP contribution in [0.5, 0.6) is 0 Å². The van der Waals surface area contributed by atoms with Gasteiger partial charge in [0.25, 0.3) is 0 Å². The summed E-state index contributed by atoms with van der Waals surface area (Å²) in [7, 11) is 0. The van der Waals surface area contributed by atoms with Gasteiger partial charge >= 0.3 is 0 Å². The summed E-state index contributed by atoms with van der Waals surface area (Å²) < 4.78 is 0. The van der Waals surface area contributed by atoms with Crippen molar-refractivity contribution >= 4 is 11.8 Å². The van der Waals surface area contributed by atoms with Crippen LogP contribution in [0.15, 0.2) is 12.7 Å². The lowest BCUT2D eigenvalue weighted by Gasteiger charge is -2.32. The first-order valence-corrected chi connectivity index (χ1v) is 10.5. The second-order valence-corrected chi connectivity index (χ2v) is 7.90. The molecule has 0 aromatic carbocycles. The van der Waals surface area contributed by atoms with E-state index in [0.29, 0.717) is 6.54 Å². The molecule has 2 aliphatic rings. The molecule has 2 amide bonds. The molecule has 0 bridgehead atoms. The summed E-state index contributed by atoms with van der Waals surface area (Å²) >= 11 is 0. The van der Waals surface area contributed by atoms with Crippen LogP contribution in [0.4, 0.5) is 0 Å². The lowest BCUT2D eigenvalue weighted by molar-refractivity contribution is -0.136. The molecule has 2 rings (SSSR count). The summed E-state index contributed by atoms with van der Waals surface area (Å²) in [6, 6.07) is 0. The fourth-order valence-electron chi connectivity index (χ4n) is 4.41. The van der Waals surface area contributed by atoms with Gasteiger partial charge in [0.05, 0.1) is 0 Å².